The lowest BCUT2D eigenvalue weighted by atomic mass is 10.1. The van der Waals surface area contributed by atoms with Crippen molar-refractivity contribution in [3.8, 4) is 0 Å². The van der Waals surface area contributed by atoms with Crippen LogP contribution in [0.4, 0.5) is 5.69 Å². The van der Waals surface area contributed by atoms with E-state index in [2.05, 4.69) is 61.7 Å². The number of anilines is 1. The highest BCUT2D eigenvalue weighted by atomic mass is 15.1. The smallest absolute Gasteiger partial charge is 0.0458 e. The van der Waals surface area contributed by atoms with Crippen LogP contribution in [0.25, 0.3) is 0 Å². The highest BCUT2D eigenvalue weighted by Crippen LogP contribution is 2.25. The van der Waals surface area contributed by atoms with E-state index in [-0.39, 0.29) is 0 Å². The second-order valence-corrected chi connectivity index (χ2v) is 4.83. The molecule has 110 valence electrons. The third kappa shape index (κ3) is 4.96. The van der Waals surface area contributed by atoms with Gasteiger partial charge in [-0.3, -0.25) is 0 Å². The maximum atomic E-state index is 3.95. The summed E-state index contributed by atoms with van der Waals surface area (Å²) in [6, 6.07) is 8.52. The molecule has 0 saturated carbocycles. The molecule has 0 aliphatic heterocycles. The second kappa shape index (κ2) is 8.80. The van der Waals surface area contributed by atoms with E-state index in [9.17, 15) is 0 Å². The summed E-state index contributed by atoms with van der Waals surface area (Å²) in [5.74, 6) is 0. The van der Waals surface area contributed by atoms with Gasteiger partial charge < -0.3 is 4.90 Å². The van der Waals surface area contributed by atoms with Gasteiger partial charge in [0.05, 0.1) is 0 Å². The maximum Gasteiger partial charge on any atom is 0.0458 e. The molecule has 0 bridgehead atoms. The number of benzene rings is 1. The number of aryl methyl sites for hydroxylation is 1. The zero-order chi connectivity index (χ0) is 15.7. The lowest BCUT2D eigenvalue weighted by Crippen LogP contribution is -2.19. The van der Waals surface area contributed by atoms with Gasteiger partial charge in [-0.15, -0.1) is 0 Å². The fourth-order valence-electron chi connectivity index (χ4n) is 1.99. The SMILES string of the molecule is C=C/C(=C\C=C/C)N(/C(C)=C/C=C\C)c1ccc(C)cc1. The fraction of sp³-hybridized carbons (Fsp3) is 0.200. The zero-order valence-corrected chi connectivity index (χ0v) is 13.5. The van der Waals surface area contributed by atoms with E-state index in [1.54, 1.807) is 0 Å². The monoisotopic (exact) mass is 279 g/mol. The Kier molecular flexibility index (Phi) is 7.03. The van der Waals surface area contributed by atoms with Gasteiger partial charge >= 0.3 is 0 Å². The van der Waals surface area contributed by atoms with Crippen LogP contribution in [0.1, 0.15) is 26.3 Å². The predicted octanol–water partition coefficient (Wildman–Crippen LogP) is 5.93. The standard InChI is InChI=1S/C20H25N/c1-6-9-11-18(5)21(19(8-3)12-10-7-2)20-15-13-17(4)14-16-20/h6-16H,3H2,1-2,4-5H3/b9-6-,10-7-,18-11+,19-12+. The Labute approximate surface area is 129 Å². The van der Waals surface area contributed by atoms with E-state index in [0.717, 1.165) is 17.1 Å². The lowest BCUT2D eigenvalue weighted by Gasteiger charge is -2.26. The van der Waals surface area contributed by atoms with Crippen LogP contribution in [0.3, 0.4) is 0 Å². The summed E-state index contributed by atoms with van der Waals surface area (Å²) in [5.41, 5.74) is 4.59. The Morgan fingerprint density at radius 3 is 2.10 bits per heavy atom. The van der Waals surface area contributed by atoms with Crippen LogP contribution in [0.15, 0.2) is 84.8 Å². The third-order valence-corrected chi connectivity index (χ3v) is 3.10. The van der Waals surface area contributed by atoms with Gasteiger partial charge in [-0.2, -0.15) is 0 Å². The minimum atomic E-state index is 1.05. The van der Waals surface area contributed by atoms with Crippen molar-refractivity contribution in [2.45, 2.75) is 27.7 Å². The van der Waals surface area contributed by atoms with Crippen molar-refractivity contribution in [3.05, 3.63) is 90.3 Å². The highest BCUT2D eigenvalue weighted by molar-refractivity contribution is 5.61. The molecule has 0 heterocycles. The first-order valence-electron chi connectivity index (χ1n) is 7.25. The number of hydrogen-bond acceptors (Lipinski definition) is 1. The molecular formula is C20H25N. The molecule has 0 atom stereocenters. The number of rotatable bonds is 6. The van der Waals surface area contributed by atoms with Crippen molar-refractivity contribution in [1.82, 2.24) is 0 Å². The van der Waals surface area contributed by atoms with Crippen LogP contribution in [0, 0.1) is 6.92 Å². The minimum Gasteiger partial charge on any atom is -0.315 e. The molecule has 1 aromatic rings. The average molecular weight is 279 g/mol. The lowest BCUT2D eigenvalue weighted by molar-refractivity contribution is 1.10. The summed E-state index contributed by atoms with van der Waals surface area (Å²) in [6.45, 7) is 12.2. The molecule has 1 aromatic carbocycles. The van der Waals surface area contributed by atoms with Gasteiger partial charge in [-0.1, -0.05) is 48.6 Å². The average Bonchev–Trinajstić information content (AvgIpc) is 2.50. The van der Waals surface area contributed by atoms with Crippen LogP contribution in [-0.4, -0.2) is 0 Å². The van der Waals surface area contributed by atoms with E-state index >= 15 is 0 Å². The van der Waals surface area contributed by atoms with Crippen LogP contribution in [0.2, 0.25) is 0 Å². The van der Waals surface area contributed by atoms with E-state index < -0.39 is 0 Å². The normalized spacial score (nSPS) is 13.1. The maximum absolute atomic E-state index is 3.95. The summed E-state index contributed by atoms with van der Waals surface area (Å²) >= 11 is 0. The molecule has 0 fully saturated rings. The molecule has 0 aromatic heterocycles. The summed E-state index contributed by atoms with van der Waals surface area (Å²) in [6.07, 6.45) is 14.2. The fourth-order valence-corrected chi connectivity index (χ4v) is 1.99. The summed E-state index contributed by atoms with van der Waals surface area (Å²) < 4.78 is 0. The quantitative estimate of drug-likeness (QED) is 0.583. The molecule has 1 heteroatoms. The number of hydrogen-bond donors (Lipinski definition) is 0. The summed E-state index contributed by atoms with van der Waals surface area (Å²) in [7, 11) is 0. The first-order valence-corrected chi connectivity index (χ1v) is 7.25. The van der Waals surface area contributed by atoms with Crippen molar-refractivity contribution in [2.75, 3.05) is 4.90 Å². The third-order valence-electron chi connectivity index (χ3n) is 3.10. The van der Waals surface area contributed by atoms with E-state index in [1.807, 2.05) is 44.2 Å². The molecule has 0 saturated heterocycles. The molecule has 0 radical (unpaired) electrons. The van der Waals surface area contributed by atoms with Crippen molar-refractivity contribution in [2.24, 2.45) is 0 Å². The van der Waals surface area contributed by atoms with Crippen LogP contribution >= 0.6 is 0 Å². The Morgan fingerprint density at radius 1 is 1.00 bits per heavy atom. The Hall–Kier alpha value is -2.28. The largest absolute Gasteiger partial charge is 0.315 e. The van der Waals surface area contributed by atoms with Crippen molar-refractivity contribution in [1.29, 1.82) is 0 Å². The summed E-state index contributed by atoms with van der Waals surface area (Å²) in [5, 5.41) is 0. The minimum absolute atomic E-state index is 1.05. The molecule has 1 rings (SSSR count). The molecule has 0 spiro atoms. The molecule has 0 aliphatic carbocycles. The Balaban J connectivity index is 3.34. The Morgan fingerprint density at radius 2 is 1.57 bits per heavy atom. The second-order valence-electron chi connectivity index (χ2n) is 4.83. The highest BCUT2D eigenvalue weighted by Gasteiger charge is 2.10. The van der Waals surface area contributed by atoms with Crippen molar-refractivity contribution >= 4 is 5.69 Å². The van der Waals surface area contributed by atoms with Crippen LogP contribution in [-0.2, 0) is 0 Å². The molecule has 0 N–H and O–H groups in total. The molecule has 1 nitrogen and oxygen atoms in total. The van der Waals surface area contributed by atoms with E-state index in [1.165, 1.54) is 5.56 Å². The summed E-state index contributed by atoms with van der Waals surface area (Å²) in [4.78, 5) is 2.20. The van der Waals surface area contributed by atoms with Gasteiger partial charge in [-0.05, 0) is 58.1 Å². The number of allylic oxidation sites excluding steroid dienone is 8. The zero-order valence-electron chi connectivity index (χ0n) is 13.5. The molecule has 0 amide bonds. The van der Waals surface area contributed by atoms with Gasteiger partial charge in [0.15, 0.2) is 0 Å². The van der Waals surface area contributed by atoms with Gasteiger partial charge in [0.25, 0.3) is 0 Å². The van der Waals surface area contributed by atoms with E-state index in [4.69, 9.17) is 0 Å². The molecular weight excluding hydrogens is 254 g/mol. The first kappa shape index (κ1) is 16.8. The van der Waals surface area contributed by atoms with E-state index in [0.29, 0.717) is 0 Å². The van der Waals surface area contributed by atoms with Crippen molar-refractivity contribution in [3.63, 3.8) is 0 Å². The topological polar surface area (TPSA) is 3.24 Å². The van der Waals surface area contributed by atoms with Gasteiger partial charge in [0.1, 0.15) is 0 Å². The van der Waals surface area contributed by atoms with Crippen molar-refractivity contribution < 1.29 is 0 Å². The van der Waals surface area contributed by atoms with Crippen LogP contribution in [0.5, 0.6) is 0 Å². The molecule has 0 unspecified atom stereocenters. The van der Waals surface area contributed by atoms with Gasteiger partial charge in [0.2, 0.25) is 0 Å². The molecule has 0 aliphatic rings. The predicted molar refractivity (Wildman–Crippen MR) is 95.3 cm³/mol. The molecule has 21 heavy (non-hydrogen) atoms. The number of nitrogens with zero attached hydrogens (tertiary/aromatic N) is 1. The first-order chi connectivity index (χ1) is 10.1. The van der Waals surface area contributed by atoms with Gasteiger partial charge in [-0.25, -0.2) is 0 Å². The Bertz CT molecular complexity index is 568. The van der Waals surface area contributed by atoms with Crippen LogP contribution < -0.4 is 4.90 Å². The van der Waals surface area contributed by atoms with Gasteiger partial charge in [0, 0.05) is 17.1 Å².